The van der Waals surface area contributed by atoms with E-state index in [1.54, 1.807) is 53.2 Å². The van der Waals surface area contributed by atoms with Crippen LogP contribution in [0.4, 0.5) is 5.69 Å². The number of fused-ring (bicyclic) bond motifs is 1. The smallest absolute Gasteiger partial charge is 0.335 e. The van der Waals surface area contributed by atoms with Crippen molar-refractivity contribution >= 4 is 34.4 Å². The summed E-state index contributed by atoms with van der Waals surface area (Å²) in [5.41, 5.74) is 2.27. The maximum Gasteiger partial charge on any atom is 0.335 e. The molecule has 0 bridgehead atoms. The van der Waals surface area contributed by atoms with E-state index in [9.17, 15) is 19.5 Å². The Labute approximate surface area is 195 Å². The summed E-state index contributed by atoms with van der Waals surface area (Å²) in [5.74, 6) is -1.71. The van der Waals surface area contributed by atoms with Crippen LogP contribution in [0.5, 0.6) is 5.75 Å². The molecule has 4 N–H and O–H groups in total. The minimum atomic E-state index is -1.01. The lowest BCUT2D eigenvalue weighted by Crippen LogP contribution is -2.27. The fraction of sp³-hybridized carbons (Fsp3) is 0.115. The molecule has 172 valence electrons. The highest BCUT2D eigenvalue weighted by atomic mass is 16.4. The molecule has 0 saturated heterocycles. The number of anilines is 1. The number of benzene rings is 3. The summed E-state index contributed by atoms with van der Waals surface area (Å²) in [7, 11) is 0. The molecular weight excluding hydrogens is 434 g/mol. The molecule has 0 spiro atoms. The molecule has 3 aromatic carbocycles. The number of aromatic hydroxyl groups is 1. The van der Waals surface area contributed by atoms with Gasteiger partial charge < -0.3 is 25.4 Å². The van der Waals surface area contributed by atoms with E-state index in [0.717, 1.165) is 10.9 Å². The van der Waals surface area contributed by atoms with Crippen LogP contribution in [0.1, 0.15) is 39.2 Å². The second-order valence-electron chi connectivity index (χ2n) is 7.87. The molecule has 0 saturated carbocycles. The predicted octanol–water partition coefficient (Wildman–Crippen LogP) is 4.17. The van der Waals surface area contributed by atoms with Crippen molar-refractivity contribution in [1.29, 1.82) is 0 Å². The van der Waals surface area contributed by atoms with Gasteiger partial charge in [0.2, 0.25) is 5.91 Å². The van der Waals surface area contributed by atoms with Crippen molar-refractivity contribution in [2.45, 2.75) is 19.5 Å². The van der Waals surface area contributed by atoms with Crippen molar-refractivity contribution < 1.29 is 24.6 Å². The van der Waals surface area contributed by atoms with Gasteiger partial charge in [-0.3, -0.25) is 9.59 Å². The fourth-order valence-electron chi connectivity index (χ4n) is 3.77. The number of aromatic nitrogens is 1. The summed E-state index contributed by atoms with van der Waals surface area (Å²) in [5, 5.41) is 25.4. The molecule has 34 heavy (non-hydrogen) atoms. The topological polar surface area (TPSA) is 121 Å². The van der Waals surface area contributed by atoms with Crippen LogP contribution in [0.3, 0.4) is 0 Å². The maximum atomic E-state index is 13.1. The van der Waals surface area contributed by atoms with Gasteiger partial charge in [0, 0.05) is 11.6 Å². The number of rotatable bonds is 7. The van der Waals surface area contributed by atoms with Gasteiger partial charge in [-0.05, 0) is 48.9 Å². The second-order valence-corrected chi connectivity index (χ2v) is 7.87. The molecule has 0 fully saturated rings. The first-order valence-corrected chi connectivity index (χ1v) is 10.6. The summed E-state index contributed by atoms with van der Waals surface area (Å²) in [6, 6.07) is 19.6. The van der Waals surface area contributed by atoms with Gasteiger partial charge in [0.15, 0.2) is 0 Å². The first-order chi connectivity index (χ1) is 16.3. The molecule has 0 unspecified atom stereocenters. The van der Waals surface area contributed by atoms with Crippen molar-refractivity contribution in [3.63, 3.8) is 0 Å². The monoisotopic (exact) mass is 457 g/mol. The number of carboxylic acids is 1. The number of nitrogens with one attached hydrogen (secondary N) is 2. The quantitative estimate of drug-likeness (QED) is 0.310. The van der Waals surface area contributed by atoms with Crippen LogP contribution in [0, 0.1) is 0 Å². The molecule has 0 radical (unpaired) electrons. The lowest BCUT2D eigenvalue weighted by Gasteiger charge is -2.16. The molecule has 1 aromatic heterocycles. The van der Waals surface area contributed by atoms with E-state index in [1.165, 1.54) is 18.2 Å². The summed E-state index contributed by atoms with van der Waals surface area (Å²) in [6.45, 7) is 1.76. The molecule has 1 atom stereocenters. The Morgan fingerprint density at radius 3 is 2.38 bits per heavy atom. The third-order valence-electron chi connectivity index (χ3n) is 5.53. The molecule has 0 aliphatic rings. The number of phenolic OH excluding ortho intramolecular Hbond substituents is 1. The van der Waals surface area contributed by atoms with Crippen molar-refractivity contribution in [3.8, 4) is 5.75 Å². The second kappa shape index (κ2) is 9.50. The predicted molar refractivity (Wildman–Crippen MR) is 128 cm³/mol. The van der Waals surface area contributed by atoms with Crippen LogP contribution in [-0.4, -0.2) is 32.6 Å². The third kappa shape index (κ3) is 4.75. The Balaban J connectivity index is 1.54. The molecule has 1 heterocycles. The number of carbonyl (C=O) groups excluding carboxylic acids is 2. The highest BCUT2D eigenvalue weighted by Gasteiger charge is 2.18. The summed E-state index contributed by atoms with van der Waals surface area (Å²) >= 11 is 0. The van der Waals surface area contributed by atoms with Crippen molar-refractivity contribution in [2.75, 3.05) is 5.32 Å². The average Bonchev–Trinajstić information content (AvgIpc) is 3.23. The number of nitrogens with zero attached hydrogens (tertiary/aromatic N) is 1. The zero-order valence-corrected chi connectivity index (χ0v) is 18.4. The highest BCUT2D eigenvalue weighted by molar-refractivity contribution is 6.06. The van der Waals surface area contributed by atoms with Gasteiger partial charge in [0.25, 0.3) is 5.91 Å². The van der Waals surface area contributed by atoms with Crippen LogP contribution in [0.25, 0.3) is 10.9 Å². The van der Waals surface area contributed by atoms with Gasteiger partial charge in [-0.25, -0.2) is 4.79 Å². The molecule has 4 rings (SSSR count). The van der Waals surface area contributed by atoms with Crippen LogP contribution in [0.2, 0.25) is 0 Å². The third-order valence-corrected chi connectivity index (χ3v) is 5.53. The first-order valence-electron chi connectivity index (χ1n) is 10.6. The lowest BCUT2D eigenvalue weighted by molar-refractivity contribution is -0.116. The van der Waals surface area contributed by atoms with Crippen LogP contribution in [-0.2, 0) is 11.3 Å². The van der Waals surface area contributed by atoms with E-state index < -0.39 is 5.97 Å². The lowest BCUT2D eigenvalue weighted by atomic mass is 10.0. The Kier molecular flexibility index (Phi) is 6.31. The Bertz CT molecular complexity index is 1370. The van der Waals surface area contributed by atoms with E-state index in [-0.39, 0.29) is 35.7 Å². The molecule has 4 aromatic rings. The van der Waals surface area contributed by atoms with Gasteiger partial charge in [0.05, 0.1) is 28.4 Å². The molecule has 8 heteroatoms. The Hall–Kier alpha value is -4.59. The van der Waals surface area contributed by atoms with Gasteiger partial charge in [-0.2, -0.15) is 0 Å². The summed E-state index contributed by atoms with van der Waals surface area (Å²) in [6.07, 6.45) is 1.74. The molecule has 0 aliphatic heterocycles. The number of amides is 2. The fourth-order valence-corrected chi connectivity index (χ4v) is 3.77. The molecular formula is C26H23N3O5. The summed E-state index contributed by atoms with van der Waals surface area (Å²) < 4.78 is 1.69. The van der Waals surface area contributed by atoms with Crippen molar-refractivity contribution in [2.24, 2.45) is 0 Å². The van der Waals surface area contributed by atoms with Gasteiger partial charge in [0.1, 0.15) is 12.3 Å². The number of aromatic carboxylic acids is 1. The Morgan fingerprint density at radius 1 is 0.941 bits per heavy atom. The number of phenols is 1. The highest BCUT2D eigenvalue weighted by Crippen LogP contribution is 2.24. The SMILES string of the molecule is C[C@H](NC(=O)c1cccc2ccn(CC(=O)Nc3ccccc3O)c12)c1ccc(C(=O)O)cc1. The van der Waals surface area contributed by atoms with E-state index in [0.29, 0.717) is 16.8 Å². The van der Waals surface area contributed by atoms with Gasteiger partial charge >= 0.3 is 5.97 Å². The zero-order chi connectivity index (χ0) is 24.2. The minimum absolute atomic E-state index is 0.0290. The standard InChI is InChI=1S/C26H23N3O5/c1-16(17-9-11-19(12-10-17)26(33)34)27-25(32)20-6-4-5-18-13-14-29(24(18)20)15-23(31)28-21-7-2-3-8-22(21)30/h2-14,16,30H,15H2,1H3,(H,27,32)(H,28,31)(H,33,34)/t16-/m0/s1. The number of carbonyl (C=O) groups is 3. The van der Waals surface area contributed by atoms with E-state index in [4.69, 9.17) is 5.11 Å². The molecule has 2 amide bonds. The van der Waals surface area contributed by atoms with E-state index in [1.807, 2.05) is 19.1 Å². The van der Waals surface area contributed by atoms with E-state index >= 15 is 0 Å². The number of carboxylic acid groups (broad SMARTS) is 1. The van der Waals surface area contributed by atoms with Gasteiger partial charge in [-0.1, -0.05) is 36.4 Å². The van der Waals surface area contributed by atoms with Crippen molar-refractivity contribution in [1.82, 2.24) is 9.88 Å². The van der Waals surface area contributed by atoms with Gasteiger partial charge in [-0.15, -0.1) is 0 Å². The largest absolute Gasteiger partial charge is 0.506 e. The maximum absolute atomic E-state index is 13.1. The minimum Gasteiger partial charge on any atom is -0.506 e. The normalized spacial score (nSPS) is 11.7. The average molecular weight is 457 g/mol. The number of hydrogen-bond donors (Lipinski definition) is 4. The van der Waals surface area contributed by atoms with Crippen LogP contribution >= 0.6 is 0 Å². The van der Waals surface area contributed by atoms with Crippen molar-refractivity contribution in [3.05, 3.63) is 95.7 Å². The first kappa shape index (κ1) is 22.6. The van der Waals surface area contributed by atoms with Crippen LogP contribution < -0.4 is 10.6 Å². The Morgan fingerprint density at radius 2 is 1.68 bits per heavy atom. The molecule has 0 aliphatic carbocycles. The van der Waals surface area contributed by atoms with E-state index in [2.05, 4.69) is 10.6 Å². The number of para-hydroxylation sites is 3. The zero-order valence-electron chi connectivity index (χ0n) is 18.4. The number of hydrogen-bond acceptors (Lipinski definition) is 4. The summed E-state index contributed by atoms with van der Waals surface area (Å²) in [4.78, 5) is 36.8. The molecule has 8 nitrogen and oxygen atoms in total. The van der Waals surface area contributed by atoms with Crippen LogP contribution in [0.15, 0.2) is 79.0 Å².